The molecule has 0 aliphatic heterocycles. The Bertz CT molecular complexity index is 990. The molecule has 2 aromatic carbocycles. The van der Waals surface area contributed by atoms with Crippen LogP contribution in [0.1, 0.15) is 41.8 Å². The molecule has 0 aromatic heterocycles. The van der Waals surface area contributed by atoms with Gasteiger partial charge in [0, 0.05) is 17.1 Å². The fourth-order valence-corrected chi connectivity index (χ4v) is 3.80. The first-order valence-electron chi connectivity index (χ1n) is 9.93. The van der Waals surface area contributed by atoms with Gasteiger partial charge in [-0.1, -0.05) is 49.7 Å². The van der Waals surface area contributed by atoms with Crippen molar-refractivity contribution < 1.29 is 18.0 Å². The van der Waals surface area contributed by atoms with Gasteiger partial charge in [0.05, 0.1) is 5.75 Å². The molecule has 0 spiro atoms. The molecule has 168 valence electrons. The third kappa shape index (κ3) is 8.32. The van der Waals surface area contributed by atoms with Gasteiger partial charge in [0.15, 0.2) is 0 Å². The standard InChI is InChI=1S/C22H28ClN3O4S/c1-15(2)12-20(26-21(27)18-8-10-19(23)11-9-18)22(28)25-13-16-4-6-17(7-5-16)14-31(29,30)24-3/h4-11,15,20,24H,12-14H2,1-3H3,(H,25,28)(H,26,27). The van der Waals surface area contributed by atoms with E-state index in [1.54, 1.807) is 48.5 Å². The molecule has 0 aliphatic rings. The molecule has 9 heteroatoms. The van der Waals surface area contributed by atoms with E-state index in [1.807, 2.05) is 13.8 Å². The fraction of sp³-hybridized carbons (Fsp3) is 0.364. The van der Waals surface area contributed by atoms with Gasteiger partial charge < -0.3 is 10.6 Å². The number of carbonyl (C=O) groups is 2. The maximum atomic E-state index is 12.7. The summed E-state index contributed by atoms with van der Waals surface area (Å²) < 4.78 is 25.5. The van der Waals surface area contributed by atoms with Crippen molar-refractivity contribution >= 4 is 33.4 Å². The number of nitrogens with one attached hydrogen (secondary N) is 3. The summed E-state index contributed by atoms with van der Waals surface area (Å²) in [5.74, 6) is -0.524. The Morgan fingerprint density at radius 1 is 0.968 bits per heavy atom. The van der Waals surface area contributed by atoms with E-state index in [-0.39, 0.29) is 30.0 Å². The molecule has 0 saturated carbocycles. The molecule has 0 fully saturated rings. The van der Waals surface area contributed by atoms with Crippen LogP contribution in [0.15, 0.2) is 48.5 Å². The molecule has 3 N–H and O–H groups in total. The predicted octanol–water partition coefficient (Wildman–Crippen LogP) is 2.85. The molecule has 0 radical (unpaired) electrons. The van der Waals surface area contributed by atoms with Crippen LogP contribution in [0.4, 0.5) is 0 Å². The van der Waals surface area contributed by atoms with Gasteiger partial charge in [0.2, 0.25) is 15.9 Å². The van der Waals surface area contributed by atoms with Gasteiger partial charge in [0.25, 0.3) is 5.91 Å². The quantitative estimate of drug-likeness (QED) is 0.501. The maximum absolute atomic E-state index is 12.7. The molecule has 0 heterocycles. The highest BCUT2D eigenvalue weighted by Crippen LogP contribution is 2.12. The average Bonchev–Trinajstić information content (AvgIpc) is 2.72. The highest BCUT2D eigenvalue weighted by atomic mass is 35.5. The zero-order chi connectivity index (χ0) is 23.0. The molecular formula is C22H28ClN3O4S. The second-order valence-corrected chi connectivity index (χ2v) is 10.0. The first kappa shape index (κ1) is 24.8. The second kappa shape index (κ2) is 11.3. The van der Waals surface area contributed by atoms with Crippen LogP contribution in [0.5, 0.6) is 0 Å². The van der Waals surface area contributed by atoms with Crippen molar-refractivity contribution in [2.45, 2.75) is 38.6 Å². The molecule has 1 unspecified atom stereocenters. The predicted molar refractivity (Wildman–Crippen MR) is 122 cm³/mol. The summed E-state index contributed by atoms with van der Waals surface area (Å²) in [6.07, 6.45) is 0.492. The lowest BCUT2D eigenvalue weighted by Crippen LogP contribution is -2.47. The molecule has 0 aliphatic carbocycles. The van der Waals surface area contributed by atoms with Crippen molar-refractivity contribution in [1.29, 1.82) is 0 Å². The van der Waals surface area contributed by atoms with Crippen LogP contribution in [0.25, 0.3) is 0 Å². The van der Waals surface area contributed by atoms with E-state index in [0.29, 0.717) is 22.6 Å². The fourth-order valence-electron chi connectivity index (χ4n) is 2.90. The second-order valence-electron chi connectivity index (χ2n) is 7.66. The van der Waals surface area contributed by atoms with Crippen LogP contribution in [-0.4, -0.2) is 33.3 Å². The first-order chi connectivity index (χ1) is 14.6. The Hall–Kier alpha value is -2.42. The molecule has 0 bridgehead atoms. The Morgan fingerprint density at radius 2 is 1.55 bits per heavy atom. The molecule has 2 rings (SSSR count). The van der Waals surface area contributed by atoms with E-state index >= 15 is 0 Å². The van der Waals surface area contributed by atoms with Crippen molar-refractivity contribution in [1.82, 2.24) is 15.4 Å². The topological polar surface area (TPSA) is 104 Å². The SMILES string of the molecule is CNS(=O)(=O)Cc1ccc(CNC(=O)C(CC(C)C)NC(=O)c2ccc(Cl)cc2)cc1. The van der Waals surface area contributed by atoms with E-state index in [2.05, 4.69) is 15.4 Å². The lowest BCUT2D eigenvalue weighted by Gasteiger charge is -2.20. The van der Waals surface area contributed by atoms with Crippen LogP contribution in [0.3, 0.4) is 0 Å². The largest absolute Gasteiger partial charge is 0.350 e. The van der Waals surface area contributed by atoms with E-state index in [9.17, 15) is 18.0 Å². The monoisotopic (exact) mass is 465 g/mol. The Labute approximate surface area is 188 Å². The zero-order valence-corrected chi connectivity index (χ0v) is 19.4. The van der Waals surface area contributed by atoms with Gasteiger partial charge in [0.1, 0.15) is 6.04 Å². The summed E-state index contributed by atoms with van der Waals surface area (Å²) >= 11 is 5.86. The summed E-state index contributed by atoms with van der Waals surface area (Å²) in [6.45, 7) is 4.22. The normalized spacial score (nSPS) is 12.4. The third-order valence-electron chi connectivity index (χ3n) is 4.59. The first-order valence-corrected chi connectivity index (χ1v) is 12.0. The van der Waals surface area contributed by atoms with Gasteiger partial charge in [-0.3, -0.25) is 9.59 Å². The van der Waals surface area contributed by atoms with Gasteiger partial charge in [-0.15, -0.1) is 0 Å². The van der Waals surface area contributed by atoms with E-state index in [4.69, 9.17) is 11.6 Å². The van der Waals surface area contributed by atoms with Crippen molar-refractivity contribution in [2.24, 2.45) is 5.92 Å². The summed E-state index contributed by atoms with van der Waals surface area (Å²) in [6, 6.07) is 12.8. The van der Waals surface area contributed by atoms with Crippen molar-refractivity contribution in [3.63, 3.8) is 0 Å². The van der Waals surface area contributed by atoms with Gasteiger partial charge in [-0.25, -0.2) is 13.1 Å². The minimum Gasteiger partial charge on any atom is -0.350 e. The molecule has 2 aromatic rings. The Morgan fingerprint density at radius 3 is 2.10 bits per heavy atom. The van der Waals surface area contributed by atoms with E-state index < -0.39 is 16.1 Å². The lowest BCUT2D eigenvalue weighted by molar-refractivity contribution is -0.123. The van der Waals surface area contributed by atoms with Gasteiger partial charge in [-0.2, -0.15) is 0 Å². The Balaban J connectivity index is 1.98. The number of rotatable bonds is 10. The summed E-state index contributed by atoms with van der Waals surface area (Å²) in [7, 11) is -1.96. The van der Waals surface area contributed by atoms with Crippen molar-refractivity contribution in [3.8, 4) is 0 Å². The highest BCUT2D eigenvalue weighted by molar-refractivity contribution is 7.88. The number of amides is 2. The minimum absolute atomic E-state index is 0.108. The molecule has 7 nitrogen and oxygen atoms in total. The lowest BCUT2D eigenvalue weighted by atomic mass is 10.0. The average molecular weight is 466 g/mol. The number of carbonyl (C=O) groups excluding carboxylic acids is 2. The van der Waals surface area contributed by atoms with Crippen LogP contribution in [0, 0.1) is 5.92 Å². The number of halogens is 1. The Kier molecular flexibility index (Phi) is 9.03. The van der Waals surface area contributed by atoms with Gasteiger partial charge in [-0.05, 0) is 54.8 Å². The number of sulfonamides is 1. The molecule has 1 atom stereocenters. The minimum atomic E-state index is -3.34. The number of hydrogen-bond donors (Lipinski definition) is 3. The van der Waals surface area contributed by atoms with Gasteiger partial charge >= 0.3 is 0 Å². The van der Waals surface area contributed by atoms with Crippen molar-refractivity contribution in [3.05, 3.63) is 70.2 Å². The molecular weight excluding hydrogens is 438 g/mol. The summed E-state index contributed by atoms with van der Waals surface area (Å²) in [5.41, 5.74) is 1.90. The third-order valence-corrected chi connectivity index (χ3v) is 6.18. The number of benzene rings is 2. The maximum Gasteiger partial charge on any atom is 0.251 e. The highest BCUT2D eigenvalue weighted by Gasteiger charge is 2.22. The molecule has 0 saturated heterocycles. The van der Waals surface area contributed by atoms with E-state index in [0.717, 1.165) is 5.56 Å². The summed E-state index contributed by atoms with van der Waals surface area (Å²) in [4.78, 5) is 25.2. The molecule has 2 amide bonds. The van der Waals surface area contributed by atoms with Crippen molar-refractivity contribution in [2.75, 3.05) is 7.05 Å². The summed E-state index contributed by atoms with van der Waals surface area (Å²) in [5, 5.41) is 6.17. The van der Waals surface area contributed by atoms with Crippen LogP contribution >= 0.6 is 11.6 Å². The van der Waals surface area contributed by atoms with E-state index in [1.165, 1.54) is 7.05 Å². The van der Waals surface area contributed by atoms with Crippen LogP contribution < -0.4 is 15.4 Å². The van der Waals surface area contributed by atoms with Crippen LogP contribution in [0.2, 0.25) is 5.02 Å². The molecule has 31 heavy (non-hydrogen) atoms. The smallest absolute Gasteiger partial charge is 0.251 e. The van der Waals surface area contributed by atoms with Crippen LogP contribution in [-0.2, 0) is 27.1 Å². The zero-order valence-electron chi connectivity index (χ0n) is 17.8. The number of hydrogen-bond acceptors (Lipinski definition) is 4.